The lowest BCUT2D eigenvalue weighted by molar-refractivity contribution is -0.151. The fourth-order valence-corrected chi connectivity index (χ4v) is 2.20. The second kappa shape index (κ2) is 9.08. The van der Waals surface area contributed by atoms with Crippen LogP contribution in [-0.2, 0) is 9.53 Å². The number of esters is 1. The second-order valence-electron chi connectivity index (χ2n) is 5.39. The number of ether oxygens (including phenoxy) is 2. The van der Waals surface area contributed by atoms with E-state index in [0.717, 1.165) is 6.42 Å². The molecule has 2 aromatic carbocycles. The summed E-state index contributed by atoms with van der Waals surface area (Å²) in [6, 6.07) is 13.5. The third-order valence-electron chi connectivity index (χ3n) is 3.33. The number of nitrogens with one attached hydrogen (secondary N) is 1. The first-order valence-electron chi connectivity index (χ1n) is 8.00. The number of carbonyl (C=O) groups is 2. The second-order valence-corrected chi connectivity index (χ2v) is 5.79. The number of para-hydroxylation sites is 1. The monoisotopic (exact) mass is 361 g/mol. The number of halogens is 1. The van der Waals surface area contributed by atoms with Crippen LogP contribution in [0.15, 0.2) is 48.5 Å². The minimum absolute atomic E-state index is 0.282. The first-order chi connectivity index (χ1) is 12.0. The average molecular weight is 362 g/mol. The number of hydrogen-bond acceptors (Lipinski definition) is 4. The Kier molecular flexibility index (Phi) is 6.83. The zero-order valence-corrected chi connectivity index (χ0v) is 14.9. The molecule has 0 saturated carbocycles. The maximum absolute atomic E-state index is 12.2. The molecule has 1 amide bonds. The lowest BCUT2D eigenvalue weighted by atomic mass is 10.2. The molecule has 2 aromatic rings. The standard InChI is InChI=1S/C19H20ClNO4/c1-3-12-24-19(23)13(2)25-15-10-8-14(9-11-15)18(22)21-17-7-5-4-6-16(17)20/h4-11,13H,3,12H2,1-2H3,(H,21,22)/t13-/m1/s1. The number of anilines is 1. The highest BCUT2D eigenvalue weighted by Gasteiger charge is 2.16. The summed E-state index contributed by atoms with van der Waals surface area (Å²) in [4.78, 5) is 23.9. The summed E-state index contributed by atoms with van der Waals surface area (Å²) in [6.45, 7) is 3.91. The summed E-state index contributed by atoms with van der Waals surface area (Å²) in [6.07, 6.45) is 0.0441. The van der Waals surface area contributed by atoms with Gasteiger partial charge in [0, 0.05) is 5.56 Å². The van der Waals surface area contributed by atoms with E-state index in [-0.39, 0.29) is 5.91 Å². The molecule has 5 nitrogen and oxygen atoms in total. The molecule has 25 heavy (non-hydrogen) atoms. The highest BCUT2D eigenvalue weighted by atomic mass is 35.5. The molecule has 0 spiro atoms. The van der Waals surface area contributed by atoms with Gasteiger partial charge in [-0.25, -0.2) is 4.79 Å². The van der Waals surface area contributed by atoms with E-state index in [4.69, 9.17) is 21.1 Å². The van der Waals surface area contributed by atoms with Crippen LogP contribution in [0.3, 0.4) is 0 Å². The molecule has 6 heteroatoms. The van der Waals surface area contributed by atoms with Gasteiger partial charge in [-0.1, -0.05) is 30.7 Å². The molecule has 0 aliphatic rings. The van der Waals surface area contributed by atoms with Crippen LogP contribution in [0.5, 0.6) is 5.75 Å². The van der Waals surface area contributed by atoms with Crippen molar-refractivity contribution in [2.75, 3.05) is 11.9 Å². The van der Waals surface area contributed by atoms with Gasteiger partial charge in [0.05, 0.1) is 17.3 Å². The van der Waals surface area contributed by atoms with Crippen molar-refractivity contribution in [2.24, 2.45) is 0 Å². The molecule has 0 heterocycles. The van der Waals surface area contributed by atoms with E-state index in [9.17, 15) is 9.59 Å². The Hall–Kier alpha value is -2.53. The van der Waals surface area contributed by atoms with E-state index in [0.29, 0.717) is 28.6 Å². The third kappa shape index (κ3) is 5.50. The van der Waals surface area contributed by atoms with Crippen LogP contribution in [0, 0.1) is 0 Å². The van der Waals surface area contributed by atoms with E-state index in [1.165, 1.54) is 0 Å². The third-order valence-corrected chi connectivity index (χ3v) is 3.66. The average Bonchev–Trinajstić information content (AvgIpc) is 2.62. The zero-order chi connectivity index (χ0) is 18.2. The summed E-state index contributed by atoms with van der Waals surface area (Å²) in [5.74, 6) is -0.215. The summed E-state index contributed by atoms with van der Waals surface area (Å²) in [7, 11) is 0. The Labute approximate surface area is 151 Å². The van der Waals surface area contributed by atoms with Gasteiger partial charge in [0.15, 0.2) is 6.10 Å². The molecule has 132 valence electrons. The molecule has 0 radical (unpaired) electrons. The topological polar surface area (TPSA) is 64.6 Å². The number of amides is 1. The quantitative estimate of drug-likeness (QED) is 0.746. The van der Waals surface area contributed by atoms with Crippen molar-refractivity contribution in [1.29, 1.82) is 0 Å². The van der Waals surface area contributed by atoms with Crippen molar-refractivity contribution in [3.05, 3.63) is 59.1 Å². The van der Waals surface area contributed by atoms with Gasteiger partial charge in [-0.15, -0.1) is 0 Å². The lowest BCUT2D eigenvalue weighted by Gasteiger charge is -2.14. The highest BCUT2D eigenvalue weighted by Crippen LogP contribution is 2.22. The Morgan fingerprint density at radius 3 is 2.44 bits per heavy atom. The Bertz CT molecular complexity index is 730. The van der Waals surface area contributed by atoms with Gasteiger partial charge in [-0.05, 0) is 49.7 Å². The first kappa shape index (κ1) is 18.8. The predicted octanol–water partition coefficient (Wildman–Crippen LogP) is 4.31. The minimum atomic E-state index is -0.714. The number of hydrogen-bond donors (Lipinski definition) is 1. The van der Waals surface area contributed by atoms with Gasteiger partial charge >= 0.3 is 5.97 Å². The molecule has 1 atom stereocenters. The number of benzene rings is 2. The Morgan fingerprint density at radius 1 is 1.12 bits per heavy atom. The fraction of sp³-hybridized carbons (Fsp3) is 0.263. The van der Waals surface area contributed by atoms with Crippen LogP contribution in [0.25, 0.3) is 0 Å². The summed E-state index contributed by atoms with van der Waals surface area (Å²) in [5, 5.41) is 3.21. The molecule has 0 saturated heterocycles. The maximum atomic E-state index is 12.2. The largest absolute Gasteiger partial charge is 0.479 e. The van der Waals surface area contributed by atoms with Crippen LogP contribution in [0.2, 0.25) is 5.02 Å². The van der Waals surface area contributed by atoms with Gasteiger partial charge < -0.3 is 14.8 Å². The van der Waals surface area contributed by atoms with E-state index >= 15 is 0 Å². The van der Waals surface area contributed by atoms with E-state index in [1.807, 2.05) is 6.92 Å². The van der Waals surface area contributed by atoms with Gasteiger partial charge in [0.25, 0.3) is 5.91 Å². The molecule has 2 rings (SSSR count). The molecule has 1 N–H and O–H groups in total. The van der Waals surface area contributed by atoms with E-state index < -0.39 is 12.1 Å². The van der Waals surface area contributed by atoms with Crippen molar-refractivity contribution in [3.63, 3.8) is 0 Å². The molecule has 0 unspecified atom stereocenters. The van der Waals surface area contributed by atoms with Crippen LogP contribution >= 0.6 is 11.6 Å². The Morgan fingerprint density at radius 2 is 1.80 bits per heavy atom. The van der Waals surface area contributed by atoms with Crippen LogP contribution in [0.1, 0.15) is 30.6 Å². The number of rotatable bonds is 7. The van der Waals surface area contributed by atoms with Crippen molar-refractivity contribution in [2.45, 2.75) is 26.4 Å². The SMILES string of the molecule is CCCOC(=O)[C@@H](C)Oc1ccc(C(=O)Nc2ccccc2Cl)cc1. The van der Waals surface area contributed by atoms with Crippen LogP contribution in [0.4, 0.5) is 5.69 Å². The highest BCUT2D eigenvalue weighted by molar-refractivity contribution is 6.33. The molecule has 0 fully saturated rings. The van der Waals surface area contributed by atoms with Crippen molar-refractivity contribution in [3.8, 4) is 5.75 Å². The molecule has 0 bridgehead atoms. The first-order valence-corrected chi connectivity index (χ1v) is 8.38. The molecular formula is C19H20ClNO4. The summed E-state index contributed by atoms with van der Waals surface area (Å²) >= 11 is 6.03. The molecule has 0 aliphatic carbocycles. The van der Waals surface area contributed by atoms with Gasteiger partial charge in [-0.2, -0.15) is 0 Å². The minimum Gasteiger partial charge on any atom is -0.479 e. The molecule has 0 aliphatic heterocycles. The number of carbonyl (C=O) groups excluding carboxylic acids is 2. The summed E-state index contributed by atoms with van der Waals surface area (Å²) < 4.78 is 10.5. The van der Waals surface area contributed by atoms with Gasteiger partial charge in [-0.3, -0.25) is 4.79 Å². The Balaban J connectivity index is 1.96. The van der Waals surface area contributed by atoms with E-state index in [1.54, 1.807) is 55.5 Å². The van der Waals surface area contributed by atoms with Gasteiger partial charge in [0.2, 0.25) is 0 Å². The molecule has 0 aromatic heterocycles. The van der Waals surface area contributed by atoms with Crippen molar-refractivity contribution in [1.82, 2.24) is 0 Å². The summed E-state index contributed by atoms with van der Waals surface area (Å²) in [5.41, 5.74) is 0.996. The van der Waals surface area contributed by atoms with E-state index in [2.05, 4.69) is 5.32 Å². The fourth-order valence-electron chi connectivity index (χ4n) is 2.01. The maximum Gasteiger partial charge on any atom is 0.347 e. The normalized spacial score (nSPS) is 11.5. The van der Waals surface area contributed by atoms with Crippen LogP contribution < -0.4 is 10.1 Å². The zero-order valence-electron chi connectivity index (χ0n) is 14.1. The predicted molar refractivity (Wildman–Crippen MR) is 97.2 cm³/mol. The molecular weight excluding hydrogens is 342 g/mol. The van der Waals surface area contributed by atoms with Gasteiger partial charge in [0.1, 0.15) is 5.75 Å². The van der Waals surface area contributed by atoms with Crippen LogP contribution in [-0.4, -0.2) is 24.6 Å². The van der Waals surface area contributed by atoms with Crippen molar-refractivity contribution >= 4 is 29.2 Å². The lowest BCUT2D eigenvalue weighted by Crippen LogP contribution is -2.26. The smallest absolute Gasteiger partial charge is 0.347 e. The van der Waals surface area contributed by atoms with Crippen molar-refractivity contribution < 1.29 is 19.1 Å².